The maximum absolute atomic E-state index is 13.7. The SMILES string of the molecule is CNC(=O)C(C)N(Cc1ccc(Br)cc1)C(=O)CN(c1ccccc1)S(=O)(=O)c1ccc(OC)cc1. The van der Waals surface area contributed by atoms with Crippen molar-refractivity contribution < 1.29 is 22.7 Å². The predicted molar refractivity (Wildman–Crippen MR) is 142 cm³/mol. The van der Waals surface area contributed by atoms with Crippen molar-refractivity contribution in [1.82, 2.24) is 10.2 Å². The number of nitrogens with zero attached hydrogens (tertiary/aromatic N) is 2. The Morgan fingerprint density at radius 2 is 1.58 bits per heavy atom. The molecule has 0 aromatic heterocycles. The fourth-order valence-corrected chi connectivity index (χ4v) is 5.25. The van der Waals surface area contributed by atoms with Crippen LogP contribution in [0.1, 0.15) is 12.5 Å². The zero-order valence-corrected chi connectivity index (χ0v) is 22.6. The van der Waals surface area contributed by atoms with Crippen molar-refractivity contribution in [2.75, 3.05) is 25.0 Å². The van der Waals surface area contributed by atoms with Gasteiger partial charge < -0.3 is 15.0 Å². The summed E-state index contributed by atoms with van der Waals surface area (Å²) in [5, 5.41) is 2.56. The van der Waals surface area contributed by atoms with Crippen LogP contribution in [-0.2, 0) is 26.2 Å². The number of para-hydroxylation sites is 1. The fourth-order valence-electron chi connectivity index (χ4n) is 3.58. The number of methoxy groups -OCH3 is 1. The van der Waals surface area contributed by atoms with Gasteiger partial charge in [0.2, 0.25) is 11.8 Å². The number of ether oxygens (including phenoxy) is 1. The summed E-state index contributed by atoms with van der Waals surface area (Å²) >= 11 is 3.39. The summed E-state index contributed by atoms with van der Waals surface area (Å²) in [5.74, 6) is -0.365. The number of carbonyl (C=O) groups excluding carboxylic acids is 2. The molecule has 0 saturated carbocycles. The molecule has 0 heterocycles. The van der Waals surface area contributed by atoms with E-state index in [4.69, 9.17) is 4.74 Å². The lowest BCUT2D eigenvalue weighted by Gasteiger charge is -2.31. The van der Waals surface area contributed by atoms with Crippen LogP contribution < -0.4 is 14.4 Å². The number of sulfonamides is 1. The summed E-state index contributed by atoms with van der Waals surface area (Å²) in [6, 6.07) is 20.9. The van der Waals surface area contributed by atoms with Crippen molar-refractivity contribution in [2.24, 2.45) is 0 Å². The monoisotopic (exact) mass is 573 g/mol. The van der Waals surface area contributed by atoms with E-state index in [9.17, 15) is 18.0 Å². The first-order valence-electron chi connectivity index (χ1n) is 11.1. The molecular formula is C26H28BrN3O5S. The van der Waals surface area contributed by atoms with Crippen molar-refractivity contribution in [3.05, 3.63) is 88.9 Å². The predicted octanol–water partition coefficient (Wildman–Crippen LogP) is 3.82. The first-order valence-corrected chi connectivity index (χ1v) is 13.4. The molecule has 10 heteroatoms. The van der Waals surface area contributed by atoms with E-state index in [1.807, 2.05) is 24.3 Å². The van der Waals surface area contributed by atoms with E-state index in [1.54, 1.807) is 49.4 Å². The lowest BCUT2D eigenvalue weighted by atomic mass is 10.1. The summed E-state index contributed by atoms with van der Waals surface area (Å²) in [6.07, 6.45) is 0. The number of halogens is 1. The average Bonchev–Trinajstić information content (AvgIpc) is 2.90. The maximum Gasteiger partial charge on any atom is 0.264 e. The zero-order chi connectivity index (χ0) is 26.3. The van der Waals surface area contributed by atoms with Crippen LogP contribution >= 0.6 is 15.9 Å². The molecule has 3 aromatic carbocycles. The van der Waals surface area contributed by atoms with Crippen molar-refractivity contribution in [1.29, 1.82) is 0 Å². The van der Waals surface area contributed by atoms with Gasteiger partial charge in [0.1, 0.15) is 18.3 Å². The van der Waals surface area contributed by atoms with E-state index < -0.39 is 28.5 Å². The Balaban J connectivity index is 1.99. The van der Waals surface area contributed by atoms with Gasteiger partial charge in [-0.1, -0.05) is 46.3 Å². The van der Waals surface area contributed by atoms with Gasteiger partial charge in [-0.3, -0.25) is 13.9 Å². The number of anilines is 1. The van der Waals surface area contributed by atoms with E-state index >= 15 is 0 Å². The van der Waals surface area contributed by atoms with Crippen molar-refractivity contribution >= 4 is 43.5 Å². The van der Waals surface area contributed by atoms with Crippen LogP contribution in [0.25, 0.3) is 0 Å². The van der Waals surface area contributed by atoms with Crippen molar-refractivity contribution in [3.63, 3.8) is 0 Å². The summed E-state index contributed by atoms with van der Waals surface area (Å²) in [7, 11) is -1.13. The van der Waals surface area contributed by atoms with Gasteiger partial charge in [0.15, 0.2) is 0 Å². The topological polar surface area (TPSA) is 96.0 Å². The average molecular weight is 574 g/mol. The summed E-state index contributed by atoms with van der Waals surface area (Å²) < 4.78 is 34.4. The van der Waals surface area contributed by atoms with E-state index in [-0.39, 0.29) is 17.3 Å². The minimum Gasteiger partial charge on any atom is -0.497 e. The molecule has 0 aliphatic heterocycles. The van der Waals surface area contributed by atoms with Crippen molar-refractivity contribution in [3.8, 4) is 5.75 Å². The molecule has 2 amide bonds. The van der Waals surface area contributed by atoms with Crippen LogP contribution in [0.4, 0.5) is 5.69 Å². The van der Waals surface area contributed by atoms with Crippen LogP contribution in [0.3, 0.4) is 0 Å². The normalized spacial score (nSPS) is 11.9. The Labute approximate surface area is 220 Å². The van der Waals surface area contributed by atoms with Crippen LogP contribution in [0, 0.1) is 0 Å². The molecule has 36 heavy (non-hydrogen) atoms. The van der Waals surface area contributed by atoms with Crippen LogP contribution in [0.15, 0.2) is 88.2 Å². The van der Waals surface area contributed by atoms with E-state index in [0.717, 1.165) is 14.3 Å². The first kappa shape index (κ1) is 27.2. The van der Waals surface area contributed by atoms with Crippen LogP contribution in [0.2, 0.25) is 0 Å². The minimum atomic E-state index is -4.11. The Kier molecular flexibility index (Phi) is 9.11. The molecule has 3 rings (SSSR count). The fraction of sp³-hybridized carbons (Fsp3) is 0.231. The molecule has 0 bridgehead atoms. The molecule has 1 atom stereocenters. The zero-order valence-electron chi connectivity index (χ0n) is 20.2. The standard InChI is InChI=1S/C26H28BrN3O5S/c1-19(26(32)28-2)29(17-20-9-11-21(27)12-10-20)25(31)18-30(22-7-5-4-6-8-22)36(33,34)24-15-13-23(35-3)14-16-24/h4-16,19H,17-18H2,1-3H3,(H,28,32). The minimum absolute atomic E-state index is 0.0127. The van der Waals surface area contributed by atoms with Gasteiger partial charge in [-0.15, -0.1) is 0 Å². The third-order valence-corrected chi connectivity index (χ3v) is 7.97. The van der Waals surface area contributed by atoms with Crippen LogP contribution in [0.5, 0.6) is 5.75 Å². The number of benzene rings is 3. The molecule has 8 nitrogen and oxygen atoms in total. The molecule has 3 aromatic rings. The number of rotatable bonds is 10. The Morgan fingerprint density at radius 3 is 2.14 bits per heavy atom. The second kappa shape index (κ2) is 12.0. The summed E-state index contributed by atoms with van der Waals surface area (Å²) in [4.78, 5) is 27.5. The molecule has 190 valence electrons. The van der Waals surface area contributed by atoms with Gasteiger partial charge in [-0.25, -0.2) is 8.42 Å². The lowest BCUT2D eigenvalue weighted by Crippen LogP contribution is -2.50. The molecule has 0 aliphatic carbocycles. The van der Waals surface area contributed by atoms with E-state index in [1.165, 1.54) is 31.2 Å². The molecule has 0 saturated heterocycles. The number of nitrogens with one attached hydrogen (secondary N) is 1. The molecule has 1 N–H and O–H groups in total. The Bertz CT molecular complexity index is 1280. The Morgan fingerprint density at radius 1 is 0.972 bits per heavy atom. The third kappa shape index (κ3) is 6.44. The quantitative estimate of drug-likeness (QED) is 0.398. The van der Waals surface area contributed by atoms with Gasteiger partial charge >= 0.3 is 0 Å². The van der Waals surface area contributed by atoms with Gasteiger partial charge in [0.25, 0.3) is 10.0 Å². The number of amides is 2. The van der Waals surface area contributed by atoms with E-state index in [0.29, 0.717) is 11.4 Å². The molecule has 1 unspecified atom stereocenters. The largest absolute Gasteiger partial charge is 0.497 e. The highest BCUT2D eigenvalue weighted by Gasteiger charge is 2.32. The second-order valence-corrected chi connectivity index (χ2v) is 10.7. The van der Waals surface area contributed by atoms with Gasteiger partial charge in [0.05, 0.1) is 17.7 Å². The van der Waals surface area contributed by atoms with E-state index in [2.05, 4.69) is 21.2 Å². The number of hydrogen-bond donors (Lipinski definition) is 1. The molecular weight excluding hydrogens is 546 g/mol. The third-order valence-electron chi connectivity index (χ3n) is 5.65. The number of carbonyl (C=O) groups is 2. The van der Waals surface area contributed by atoms with Crippen LogP contribution in [-0.4, -0.2) is 51.9 Å². The smallest absolute Gasteiger partial charge is 0.264 e. The first-order chi connectivity index (χ1) is 17.2. The Hall–Kier alpha value is -3.37. The maximum atomic E-state index is 13.7. The van der Waals surface area contributed by atoms with Gasteiger partial charge in [0, 0.05) is 18.1 Å². The van der Waals surface area contributed by atoms with Gasteiger partial charge in [-0.05, 0) is 61.0 Å². The highest BCUT2D eigenvalue weighted by Crippen LogP contribution is 2.26. The lowest BCUT2D eigenvalue weighted by molar-refractivity contribution is -0.139. The van der Waals surface area contributed by atoms with Crippen molar-refractivity contribution in [2.45, 2.75) is 24.4 Å². The number of likely N-dealkylation sites (N-methyl/N-ethyl adjacent to an activating group) is 1. The summed E-state index contributed by atoms with van der Waals surface area (Å²) in [5.41, 5.74) is 1.13. The molecule has 0 spiro atoms. The second-order valence-electron chi connectivity index (χ2n) is 7.96. The molecule has 0 fully saturated rings. The highest BCUT2D eigenvalue weighted by molar-refractivity contribution is 9.10. The highest BCUT2D eigenvalue weighted by atomic mass is 79.9. The number of hydrogen-bond acceptors (Lipinski definition) is 5. The summed E-state index contributed by atoms with van der Waals surface area (Å²) in [6.45, 7) is 1.25. The molecule has 0 aliphatic rings. The molecule has 0 radical (unpaired) electrons. The van der Waals surface area contributed by atoms with Gasteiger partial charge in [-0.2, -0.15) is 0 Å².